The summed E-state index contributed by atoms with van der Waals surface area (Å²) in [5.74, 6) is 1.46. The van der Waals surface area contributed by atoms with E-state index in [1.165, 1.54) is 12.4 Å². The molecule has 0 bridgehead atoms. The van der Waals surface area contributed by atoms with Gasteiger partial charge in [-0.3, -0.25) is 4.79 Å². The molecule has 1 aromatic heterocycles. The first-order chi connectivity index (χ1) is 12.7. The van der Waals surface area contributed by atoms with Gasteiger partial charge < -0.3 is 20.1 Å². The molecule has 0 atom stereocenters. The van der Waals surface area contributed by atoms with E-state index in [2.05, 4.69) is 20.6 Å². The van der Waals surface area contributed by atoms with Gasteiger partial charge in [-0.05, 0) is 24.3 Å². The number of methoxy groups -OCH3 is 2. The molecule has 7 heteroatoms. The maximum atomic E-state index is 12.3. The van der Waals surface area contributed by atoms with Crippen LogP contribution in [-0.2, 0) is 0 Å². The van der Waals surface area contributed by atoms with Crippen LogP contribution in [0.15, 0.2) is 60.9 Å². The van der Waals surface area contributed by atoms with Crippen molar-refractivity contribution in [2.75, 3.05) is 24.9 Å². The number of carbonyl (C=O) groups excluding carboxylic acids is 1. The van der Waals surface area contributed by atoms with E-state index in [1.807, 2.05) is 36.4 Å². The van der Waals surface area contributed by atoms with E-state index < -0.39 is 0 Å². The number of ether oxygens (including phenoxy) is 2. The van der Waals surface area contributed by atoms with Crippen LogP contribution in [-0.4, -0.2) is 30.1 Å². The molecule has 0 saturated heterocycles. The van der Waals surface area contributed by atoms with Gasteiger partial charge in [0.25, 0.3) is 5.91 Å². The number of hydrogen-bond donors (Lipinski definition) is 2. The number of nitrogens with one attached hydrogen (secondary N) is 2. The Morgan fingerprint density at radius 2 is 1.81 bits per heavy atom. The molecular formula is C19H18N4O3. The number of benzene rings is 2. The number of aromatic nitrogens is 2. The number of amides is 1. The summed E-state index contributed by atoms with van der Waals surface area (Å²) in [6.45, 7) is 0. The number of carbonyl (C=O) groups is 1. The third kappa shape index (κ3) is 4.07. The SMILES string of the molecule is COc1cccc(Nc2cnc(C(=O)Nc3ccccc3OC)cn2)c1. The minimum absolute atomic E-state index is 0.201. The van der Waals surface area contributed by atoms with Gasteiger partial charge in [-0.15, -0.1) is 0 Å². The minimum atomic E-state index is -0.366. The van der Waals surface area contributed by atoms with Gasteiger partial charge in [-0.2, -0.15) is 0 Å². The summed E-state index contributed by atoms with van der Waals surface area (Å²) in [5.41, 5.74) is 1.58. The van der Waals surface area contributed by atoms with Crippen molar-refractivity contribution in [1.82, 2.24) is 9.97 Å². The summed E-state index contributed by atoms with van der Waals surface area (Å²) in [5, 5.41) is 5.87. The van der Waals surface area contributed by atoms with Crippen LogP contribution >= 0.6 is 0 Å². The molecule has 0 radical (unpaired) electrons. The van der Waals surface area contributed by atoms with Crippen molar-refractivity contribution < 1.29 is 14.3 Å². The predicted octanol–water partition coefficient (Wildman–Crippen LogP) is 3.49. The Morgan fingerprint density at radius 3 is 2.54 bits per heavy atom. The highest BCUT2D eigenvalue weighted by Gasteiger charge is 2.11. The molecule has 3 aromatic rings. The summed E-state index contributed by atoms with van der Waals surface area (Å²) in [6, 6.07) is 14.6. The number of anilines is 3. The van der Waals surface area contributed by atoms with Gasteiger partial charge in [0.15, 0.2) is 0 Å². The van der Waals surface area contributed by atoms with Gasteiger partial charge in [0.2, 0.25) is 0 Å². The van der Waals surface area contributed by atoms with Gasteiger partial charge in [0, 0.05) is 11.8 Å². The smallest absolute Gasteiger partial charge is 0.275 e. The quantitative estimate of drug-likeness (QED) is 0.708. The first-order valence-electron chi connectivity index (χ1n) is 7.87. The van der Waals surface area contributed by atoms with Crippen LogP contribution < -0.4 is 20.1 Å². The van der Waals surface area contributed by atoms with Crippen molar-refractivity contribution in [3.05, 3.63) is 66.6 Å². The second kappa shape index (κ2) is 7.98. The summed E-state index contributed by atoms with van der Waals surface area (Å²) >= 11 is 0. The maximum absolute atomic E-state index is 12.3. The fraction of sp³-hybridized carbons (Fsp3) is 0.105. The Kier molecular flexibility index (Phi) is 5.28. The molecule has 2 aromatic carbocycles. The lowest BCUT2D eigenvalue weighted by Gasteiger charge is -2.10. The van der Waals surface area contributed by atoms with E-state index in [-0.39, 0.29) is 11.6 Å². The molecule has 132 valence electrons. The van der Waals surface area contributed by atoms with Crippen molar-refractivity contribution in [2.45, 2.75) is 0 Å². The van der Waals surface area contributed by atoms with Gasteiger partial charge in [0.05, 0.1) is 32.3 Å². The largest absolute Gasteiger partial charge is 0.497 e. The molecule has 7 nitrogen and oxygen atoms in total. The maximum Gasteiger partial charge on any atom is 0.275 e. The zero-order valence-electron chi connectivity index (χ0n) is 14.4. The molecule has 0 fully saturated rings. The van der Waals surface area contributed by atoms with Crippen molar-refractivity contribution in [1.29, 1.82) is 0 Å². The standard InChI is InChI=1S/C19H18N4O3/c1-25-14-7-5-6-13(10-14)22-18-12-20-16(11-21-18)19(24)23-15-8-3-4-9-17(15)26-2/h3-12H,1-2H3,(H,21,22)(H,23,24). The van der Waals surface area contributed by atoms with E-state index in [4.69, 9.17) is 9.47 Å². The third-order valence-electron chi connectivity index (χ3n) is 3.58. The van der Waals surface area contributed by atoms with Crippen LogP contribution in [0, 0.1) is 0 Å². The molecule has 3 rings (SSSR count). The molecule has 2 N–H and O–H groups in total. The summed E-state index contributed by atoms with van der Waals surface area (Å²) in [7, 11) is 3.15. The van der Waals surface area contributed by atoms with Crippen LogP contribution in [0.25, 0.3) is 0 Å². The lowest BCUT2D eigenvalue weighted by atomic mass is 10.3. The number of rotatable bonds is 6. The van der Waals surface area contributed by atoms with Crippen LogP contribution in [0.2, 0.25) is 0 Å². The van der Waals surface area contributed by atoms with Crippen molar-refractivity contribution >= 4 is 23.1 Å². The zero-order valence-corrected chi connectivity index (χ0v) is 14.4. The van der Waals surface area contributed by atoms with Crippen molar-refractivity contribution in [3.63, 3.8) is 0 Å². The van der Waals surface area contributed by atoms with E-state index in [0.717, 1.165) is 11.4 Å². The lowest BCUT2D eigenvalue weighted by Crippen LogP contribution is -2.14. The molecule has 26 heavy (non-hydrogen) atoms. The Morgan fingerprint density at radius 1 is 0.962 bits per heavy atom. The number of nitrogens with zero attached hydrogens (tertiary/aromatic N) is 2. The predicted molar refractivity (Wildman–Crippen MR) is 99.3 cm³/mol. The molecule has 0 aliphatic heterocycles. The normalized spacial score (nSPS) is 10.1. The number of para-hydroxylation sites is 2. The molecule has 0 unspecified atom stereocenters. The second-order valence-electron chi connectivity index (χ2n) is 5.30. The Hall–Kier alpha value is -3.61. The Labute approximate surface area is 151 Å². The third-order valence-corrected chi connectivity index (χ3v) is 3.58. The minimum Gasteiger partial charge on any atom is -0.497 e. The van der Waals surface area contributed by atoms with Crippen LogP contribution in [0.3, 0.4) is 0 Å². The van der Waals surface area contributed by atoms with Crippen molar-refractivity contribution in [3.8, 4) is 11.5 Å². The fourth-order valence-electron chi connectivity index (χ4n) is 2.29. The van der Waals surface area contributed by atoms with Gasteiger partial charge in [-0.1, -0.05) is 18.2 Å². The second-order valence-corrected chi connectivity index (χ2v) is 5.30. The molecule has 0 saturated carbocycles. The highest BCUT2D eigenvalue weighted by Crippen LogP contribution is 2.23. The zero-order chi connectivity index (χ0) is 18.4. The van der Waals surface area contributed by atoms with Gasteiger partial charge in [-0.25, -0.2) is 9.97 Å². The van der Waals surface area contributed by atoms with Crippen molar-refractivity contribution in [2.24, 2.45) is 0 Å². The first kappa shape index (κ1) is 17.2. The highest BCUT2D eigenvalue weighted by molar-refractivity contribution is 6.03. The average molecular weight is 350 g/mol. The average Bonchev–Trinajstić information content (AvgIpc) is 2.69. The highest BCUT2D eigenvalue weighted by atomic mass is 16.5. The summed E-state index contributed by atoms with van der Waals surface area (Å²) in [4.78, 5) is 20.7. The molecule has 1 heterocycles. The fourth-order valence-corrected chi connectivity index (χ4v) is 2.29. The first-order valence-corrected chi connectivity index (χ1v) is 7.87. The van der Waals surface area contributed by atoms with E-state index in [1.54, 1.807) is 26.4 Å². The van der Waals surface area contributed by atoms with Gasteiger partial charge >= 0.3 is 0 Å². The van der Waals surface area contributed by atoms with Crippen LogP contribution in [0.1, 0.15) is 10.5 Å². The van der Waals surface area contributed by atoms with Crippen LogP contribution in [0.5, 0.6) is 11.5 Å². The molecule has 0 aliphatic carbocycles. The summed E-state index contributed by atoms with van der Waals surface area (Å²) < 4.78 is 10.4. The Bertz CT molecular complexity index is 897. The molecule has 1 amide bonds. The Balaban J connectivity index is 1.69. The van der Waals surface area contributed by atoms with Crippen LogP contribution in [0.4, 0.5) is 17.2 Å². The molecule has 0 spiro atoms. The van der Waals surface area contributed by atoms with Gasteiger partial charge in [0.1, 0.15) is 23.0 Å². The lowest BCUT2D eigenvalue weighted by molar-refractivity contribution is 0.102. The summed E-state index contributed by atoms with van der Waals surface area (Å²) in [6.07, 6.45) is 2.91. The monoisotopic (exact) mass is 350 g/mol. The van der Waals surface area contributed by atoms with E-state index in [0.29, 0.717) is 17.3 Å². The topological polar surface area (TPSA) is 85.4 Å². The van der Waals surface area contributed by atoms with E-state index in [9.17, 15) is 4.79 Å². The molecular weight excluding hydrogens is 332 g/mol. The number of hydrogen-bond acceptors (Lipinski definition) is 6. The molecule has 0 aliphatic rings. The van der Waals surface area contributed by atoms with E-state index >= 15 is 0 Å².